The molecule has 0 amide bonds. The summed E-state index contributed by atoms with van der Waals surface area (Å²) in [5.41, 5.74) is 1.37. The van der Waals surface area contributed by atoms with E-state index >= 15 is 0 Å². The van der Waals surface area contributed by atoms with Crippen molar-refractivity contribution in [2.45, 2.75) is 6.92 Å². The minimum Gasteiger partial charge on any atom is -0.355 e. The molecule has 1 aliphatic rings. The maximum absolute atomic E-state index is 11.2. The van der Waals surface area contributed by atoms with Crippen LogP contribution >= 0.6 is 0 Å². The zero-order valence-electron chi connectivity index (χ0n) is 9.14. The zero-order valence-corrected chi connectivity index (χ0v) is 9.96. The Morgan fingerprint density at radius 2 is 2.12 bits per heavy atom. The predicted octanol–water partition coefficient (Wildman–Crippen LogP) is 0.830. The third-order valence-electron chi connectivity index (χ3n) is 2.69. The second-order valence-corrected chi connectivity index (χ2v) is 5.48. The molecule has 0 atom stereocenters. The van der Waals surface area contributed by atoms with Crippen molar-refractivity contribution in [2.75, 3.05) is 29.5 Å². The molecule has 4 nitrogen and oxygen atoms in total. The predicted molar refractivity (Wildman–Crippen MR) is 63.8 cm³/mol. The Balaban J connectivity index is 2.21. The van der Waals surface area contributed by atoms with Gasteiger partial charge >= 0.3 is 0 Å². The van der Waals surface area contributed by atoms with E-state index in [2.05, 4.69) is 16.0 Å². The number of nitrogens with zero attached hydrogens (tertiary/aromatic N) is 3. The van der Waals surface area contributed by atoms with Gasteiger partial charge in [-0.25, -0.2) is 4.98 Å². The van der Waals surface area contributed by atoms with E-state index in [-0.39, 0.29) is 0 Å². The SMILES string of the molecule is Cc1ccc(N2CCS(=O)CC2)nc1C#N. The van der Waals surface area contributed by atoms with Crippen LogP contribution < -0.4 is 4.90 Å². The van der Waals surface area contributed by atoms with Crippen molar-refractivity contribution in [1.29, 1.82) is 5.26 Å². The molecule has 0 N–H and O–H groups in total. The van der Waals surface area contributed by atoms with Crippen LogP contribution in [0.3, 0.4) is 0 Å². The molecule has 0 bridgehead atoms. The van der Waals surface area contributed by atoms with E-state index in [1.807, 2.05) is 19.1 Å². The lowest BCUT2D eigenvalue weighted by atomic mass is 10.2. The molecular weight excluding hydrogens is 222 g/mol. The van der Waals surface area contributed by atoms with Gasteiger partial charge in [0.05, 0.1) is 0 Å². The van der Waals surface area contributed by atoms with E-state index in [4.69, 9.17) is 5.26 Å². The van der Waals surface area contributed by atoms with Gasteiger partial charge in [0, 0.05) is 35.4 Å². The van der Waals surface area contributed by atoms with Crippen molar-refractivity contribution in [3.63, 3.8) is 0 Å². The first kappa shape index (κ1) is 11.1. The Kier molecular flexibility index (Phi) is 3.20. The van der Waals surface area contributed by atoms with Crippen LogP contribution in [-0.4, -0.2) is 33.8 Å². The van der Waals surface area contributed by atoms with Gasteiger partial charge < -0.3 is 4.90 Å². The number of hydrogen-bond acceptors (Lipinski definition) is 4. The highest BCUT2D eigenvalue weighted by atomic mass is 32.2. The van der Waals surface area contributed by atoms with Crippen LogP contribution in [0.2, 0.25) is 0 Å². The third-order valence-corrected chi connectivity index (χ3v) is 3.97. The summed E-state index contributed by atoms with van der Waals surface area (Å²) in [4.78, 5) is 6.39. The average Bonchev–Trinajstić information content (AvgIpc) is 2.31. The highest BCUT2D eigenvalue weighted by Crippen LogP contribution is 2.16. The van der Waals surface area contributed by atoms with Crippen molar-refractivity contribution in [1.82, 2.24) is 4.98 Å². The summed E-state index contributed by atoms with van der Waals surface area (Å²) < 4.78 is 11.2. The number of aryl methyl sites for hydroxylation is 1. The fourth-order valence-corrected chi connectivity index (χ4v) is 2.73. The van der Waals surface area contributed by atoms with Gasteiger partial charge in [-0.1, -0.05) is 6.07 Å². The zero-order chi connectivity index (χ0) is 11.5. The fraction of sp³-hybridized carbons (Fsp3) is 0.455. The third kappa shape index (κ3) is 2.22. The van der Waals surface area contributed by atoms with Gasteiger partial charge in [-0.3, -0.25) is 4.21 Å². The summed E-state index contributed by atoms with van der Waals surface area (Å²) in [5, 5.41) is 8.90. The Morgan fingerprint density at radius 1 is 1.44 bits per heavy atom. The molecule has 0 aromatic carbocycles. The summed E-state index contributed by atoms with van der Waals surface area (Å²) >= 11 is 0. The smallest absolute Gasteiger partial charge is 0.145 e. The van der Waals surface area contributed by atoms with Gasteiger partial charge in [-0.05, 0) is 18.6 Å². The van der Waals surface area contributed by atoms with Crippen LogP contribution in [0.4, 0.5) is 5.82 Å². The Bertz CT molecular complexity index is 457. The number of aromatic nitrogens is 1. The summed E-state index contributed by atoms with van der Waals surface area (Å²) in [7, 11) is -0.681. The monoisotopic (exact) mass is 235 g/mol. The molecule has 1 saturated heterocycles. The highest BCUT2D eigenvalue weighted by Gasteiger charge is 2.16. The van der Waals surface area contributed by atoms with Crippen LogP contribution in [0, 0.1) is 18.3 Å². The molecule has 1 aromatic rings. The van der Waals surface area contributed by atoms with Gasteiger partial charge in [0.1, 0.15) is 17.6 Å². The Morgan fingerprint density at radius 3 is 2.75 bits per heavy atom. The standard InChI is InChI=1S/C11H13N3OS/c1-9-2-3-11(13-10(9)8-12)14-4-6-16(15)7-5-14/h2-3H,4-7H2,1H3. The van der Waals surface area contributed by atoms with Crippen LogP contribution in [0.15, 0.2) is 12.1 Å². The topological polar surface area (TPSA) is 57.0 Å². The van der Waals surface area contributed by atoms with E-state index in [0.29, 0.717) is 17.2 Å². The maximum atomic E-state index is 11.2. The molecule has 5 heteroatoms. The van der Waals surface area contributed by atoms with Crippen LogP contribution in [0.5, 0.6) is 0 Å². The van der Waals surface area contributed by atoms with Gasteiger partial charge in [0.15, 0.2) is 0 Å². The molecule has 0 aliphatic carbocycles. The molecule has 2 heterocycles. The molecule has 1 fully saturated rings. The lowest BCUT2D eigenvalue weighted by molar-refractivity contribution is 0.672. The summed E-state index contributed by atoms with van der Waals surface area (Å²) in [5.74, 6) is 2.20. The largest absolute Gasteiger partial charge is 0.355 e. The van der Waals surface area contributed by atoms with Crippen LogP contribution in [0.1, 0.15) is 11.3 Å². The number of rotatable bonds is 1. The second kappa shape index (κ2) is 4.62. The molecule has 2 rings (SSSR count). The molecule has 16 heavy (non-hydrogen) atoms. The van der Waals surface area contributed by atoms with E-state index < -0.39 is 10.8 Å². The van der Waals surface area contributed by atoms with Crippen LogP contribution in [-0.2, 0) is 10.8 Å². The van der Waals surface area contributed by atoms with Gasteiger partial charge in [0.2, 0.25) is 0 Å². The minimum absolute atomic E-state index is 0.476. The van der Waals surface area contributed by atoms with Gasteiger partial charge in [0.25, 0.3) is 0 Å². The minimum atomic E-state index is -0.681. The number of hydrogen-bond donors (Lipinski definition) is 0. The van der Waals surface area contributed by atoms with Crippen molar-refractivity contribution in [2.24, 2.45) is 0 Å². The lowest BCUT2D eigenvalue weighted by Gasteiger charge is -2.27. The van der Waals surface area contributed by atoms with Gasteiger partial charge in [-0.15, -0.1) is 0 Å². The number of pyridine rings is 1. The molecule has 1 aromatic heterocycles. The van der Waals surface area contributed by atoms with E-state index in [0.717, 1.165) is 24.5 Å². The molecule has 1 aliphatic heterocycles. The lowest BCUT2D eigenvalue weighted by Crippen LogP contribution is -2.38. The average molecular weight is 235 g/mol. The molecule has 84 valence electrons. The van der Waals surface area contributed by atoms with Crippen molar-refractivity contribution in [3.05, 3.63) is 23.4 Å². The molecule has 0 spiro atoms. The van der Waals surface area contributed by atoms with Crippen molar-refractivity contribution >= 4 is 16.6 Å². The molecule has 0 saturated carbocycles. The molecule has 0 unspecified atom stereocenters. The Hall–Kier alpha value is -1.41. The molecule has 0 radical (unpaired) electrons. The summed E-state index contributed by atoms with van der Waals surface area (Å²) in [6.45, 7) is 3.39. The first-order chi connectivity index (χ1) is 7.70. The summed E-state index contributed by atoms with van der Waals surface area (Å²) in [6, 6.07) is 5.92. The van der Waals surface area contributed by atoms with E-state index in [1.165, 1.54) is 0 Å². The van der Waals surface area contributed by atoms with Gasteiger partial charge in [-0.2, -0.15) is 5.26 Å². The van der Waals surface area contributed by atoms with Crippen molar-refractivity contribution in [3.8, 4) is 6.07 Å². The van der Waals surface area contributed by atoms with Crippen LogP contribution in [0.25, 0.3) is 0 Å². The Labute approximate surface area is 97.4 Å². The quantitative estimate of drug-likeness (QED) is 0.723. The van der Waals surface area contributed by atoms with E-state index in [9.17, 15) is 4.21 Å². The number of anilines is 1. The maximum Gasteiger partial charge on any atom is 0.145 e. The number of nitriles is 1. The highest BCUT2D eigenvalue weighted by molar-refractivity contribution is 7.85. The van der Waals surface area contributed by atoms with Crippen molar-refractivity contribution < 1.29 is 4.21 Å². The molecular formula is C11H13N3OS. The fourth-order valence-electron chi connectivity index (χ4n) is 1.67. The normalized spacial score (nSPS) is 17.1. The second-order valence-electron chi connectivity index (χ2n) is 3.78. The first-order valence-electron chi connectivity index (χ1n) is 5.18. The summed E-state index contributed by atoms with van der Waals surface area (Å²) in [6.07, 6.45) is 0. The van der Waals surface area contributed by atoms with E-state index in [1.54, 1.807) is 0 Å². The first-order valence-corrected chi connectivity index (χ1v) is 6.67.